The summed E-state index contributed by atoms with van der Waals surface area (Å²) in [7, 11) is 4.18. The van der Waals surface area contributed by atoms with Crippen LogP contribution < -0.4 is 10.6 Å². The molecule has 1 aliphatic heterocycles. The van der Waals surface area contributed by atoms with Crippen LogP contribution in [-0.2, 0) is 0 Å². The Morgan fingerprint density at radius 3 is 2.61 bits per heavy atom. The average Bonchev–Trinajstić information content (AvgIpc) is 3.25. The molecule has 3 aromatic rings. The number of nitrogens with two attached hydrogens (primary N) is 1. The number of pyridine rings is 1. The van der Waals surface area contributed by atoms with E-state index in [0.29, 0.717) is 22.3 Å². The van der Waals surface area contributed by atoms with Crippen LogP contribution in [0.5, 0.6) is 5.75 Å². The zero-order valence-electron chi connectivity index (χ0n) is 17.5. The number of carbonyl (C=O) groups excluding carboxylic acids is 1. The first-order chi connectivity index (χ1) is 14.8. The largest absolute Gasteiger partial charge is 0.507 e. The zero-order valence-corrected chi connectivity index (χ0v) is 18.3. The number of aromatic nitrogens is 1. The molecule has 2 heterocycles. The van der Waals surface area contributed by atoms with Gasteiger partial charge in [0.05, 0.1) is 11.3 Å². The first-order valence-electron chi connectivity index (χ1n) is 10.1. The SMILES string of the molecule is CN(C)C1CCN(c2cc(-c3ccccc3Cl)cc(-c3ccc(O)c(C(N)=O)c3)n2)C1. The first kappa shape index (κ1) is 21.2. The Labute approximate surface area is 186 Å². The van der Waals surface area contributed by atoms with E-state index in [1.165, 1.54) is 6.07 Å². The number of phenols is 1. The summed E-state index contributed by atoms with van der Waals surface area (Å²) in [5.41, 5.74) is 8.72. The van der Waals surface area contributed by atoms with E-state index in [2.05, 4.69) is 30.0 Å². The van der Waals surface area contributed by atoms with Gasteiger partial charge in [-0.05, 0) is 62.5 Å². The van der Waals surface area contributed by atoms with Gasteiger partial charge in [-0.1, -0.05) is 29.8 Å². The third-order valence-electron chi connectivity index (χ3n) is 5.77. The minimum atomic E-state index is -0.685. The van der Waals surface area contributed by atoms with Gasteiger partial charge in [-0.25, -0.2) is 4.98 Å². The lowest BCUT2D eigenvalue weighted by atomic mass is 10.0. The summed E-state index contributed by atoms with van der Waals surface area (Å²) in [6.45, 7) is 1.79. The molecule has 0 saturated carbocycles. The Hall–Kier alpha value is -3.09. The molecule has 1 amide bonds. The molecule has 1 unspecified atom stereocenters. The minimum Gasteiger partial charge on any atom is -0.507 e. The highest BCUT2D eigenvalue weighted by atomic mass is 35.5. The molecule has 4 rings (SSSR count). The lowest BCUT2D eigenvalue weighted by Crippen LogP contribution is -2.31. The second-order valence-corrected chi connectivity index (χ2v) is 8.43. The molecular weight excluding hydrogens is 412 g/mol. The maximum Gasteiger partial charge on any atom is 0.252 e. The normalized spacial score (nSPS) is 16.1. The lowest BCUT2D eigenvalue weighted by molar-refractivity contribution is 0.0998. The van der Waals surface area contributed by atoms with E-state index in [-0.39, 0.29) is 11.3 Å². The fourth-order valence-electron chi connectivity index (χ4n) is 3.94. The number of anilines is 1. The summed E-state index contributed by atoms with van der Waals surface area (Å²) in [6.07, 6.45) is 1.06. The van der Waals surface area contributed by atoms with Gasteiger partial charge in [0.1, 0.15) is 11.6 Å². The minimum absolute atomic E-state index is 0.0674. The van der Waals surface area contributed by atoms with Gasteiger partial charge in [0, 0.05) is 35.3 Å². The number of carbonyl (C=O) groups is 1. The van der Waals surface area contributed by atoms with E-state index in [9.17, 15) is 9.90 Å². The van der Waals surface area contributed by atoms with Crippen LogP contribution in [0.15, 0.2) is 54.6 Å². The third-order valence-corrected chi connectivity index (χ3v) is 6.10. The number of benzene rings is 2. The summed E-state index contributed by atoms with van der Waals surface area (Å²) in [5, 5.41) is 10.6. The highest BCUT2D eigenvalue weighted by Gasteiger charge is 2.26. The molecule has 6 nitrogen and oxygen atoms in total. The summed E-state index contributed by atoms with van der Waals surface area (Å²) in [6, 6.07) is 16.9. The fourth-order valence-corrected chi connectivity index (χ4v) is 4.19. The molecule has 0 aliphatic carbocycles. The van der Waals surface area contributed by atoms with Crippen molar-refractivity contribution in [3.05, 3.63) is 65.2 Å². The van der Waals surface area contributed by atoms with Gasteiger partial charge in [0.25, 0.3) is 5.91 Å². The van der Waals surface area contributed by atoms with E-state index in [0.717, 1.165) is 36.5 Å². The first-order valence-corrected chi connectivity index (χ1v) is 10.5. The number of aromatic hydroxyl groups is 1. The summed E-state index contributed by atoms with van der Waals surface area (Å²) in [4.78, 5) is 21.1. The number of likely N-dealkylation sites (N-methyl/N-ethyl adjacent to an activating group) is 1. The maximum atomic E-state index is 11.7. The van der Waals surface area contributed by atoms with Crippen LogP contribution in [-0.4, -0.2) is 54.1 Å². The van der Waals surface area contributed by atoms with E-state index < -0.39 is 5.91 Å². The fraction of sp³-hybridized carbons (Fsp3) is 0.250. The van der Waals surface area contributed by atoms with Crippen molar-refractivity contribution in [3.63, 3.8) is 0 Å². The Kier molecular flexibility index (Phi) is 5.85. The zero-order chi connectivity index (χ0) is 22.1. The number of rotatable bonds is 5. The predicted octanol–water partition coefficient (Wildman–Crippen LogP) is 4.01. The average molecular weight is 437 g/mol. The highest BCUT2D eigenvalue weighted by molar-refractivity contribution is 6.33. The monoisotopic (exact) mass is 436 g/mol. The molecule has 0 bridgehead atoms. The Morgan fingerprint density at radius 2 is 1.94 bits per heavy atom. The van der Waals surface area contributed by atoms with Crippen molar-refractivity contribution in [2.24, 2.45) is 5.73 Å². The smallest absolute Gasteiger partial charge is 0.252 e. The standard InChI is InChI=1S/C24H25ClN4O2/c1-28(2)17-9-10-29(14-17)23-13-16(18-5-3-4-6-20(18)25)12-21(27-23)15-7-8-22(30)19(11-15)24(26)31/h3-8,11-13,17,30H,9-10,14H2,1-2H3,(H2,26,31). The molecule has 160 valence electrons. The highest BCUT2D eigenvalue weighted by Crippen LogP contribution is 2.35. The van der Waals surface area contributed by atoms with E-state index >= 15 is 0 Å². The van der Waals surface area contributed by atoms with Gasteiger partial charge in [-0.3, -0.25) is 4.79 Å². The molecule has 0 radical (unpaired) electrons. The second kappa shape index (κ2) is 8.57. The van der Waals surface area contributed by atoms with Crippen molar-refractivity contribution in [1.82, 2.24) is 9.88 Å². The van der Waals surface area contributed by atoms with Crippen LogP contribution in [0.1, 0.15) is 16.8 Å². The van der Waals surface area contributed by atoms with Crippen LogP contribution in [0.2, 0.25) is 5.02 Å². The van der Waals surface area contributed by atoms with Gasteiger partial charge in [-0.15, -0.1) is 0 Å². The van der Waals surface area contributed by atoms with Gasteiger partial charge in [-0.2, -0.15) is 0 Å². The molecule has 0 spiro atoms. The van der Waals surface area contributed by atoms with Gasteiger partial charge >= 0.3 is 0 Å². The quantitative estimate of drug-likeness (QED) is 0.631. The number of nitrogens with zero attached hydrogens (tertiary/aromatic N) is 3. The van der Waals surface area contributed by atoms with E-state index in [4.69, 9.17) is 22.3 Å². The molecule has 1 fully saturated rings. The molecule has 7 heteroatoms. The Bertz CT molecular complexity index is 1130. The van der Waals surface area contributed by atoms with Crippen molar-refractivity contribution < 1.29 is 9.90 Å². The molecule has 1 atom stereocenters. The molecule has 2 aromatic carbocycles. The molecule has 1 saturated heterocycles. The van der Waals surface area contributed by atoms with Crippen LogP contribution in [0.4, 0.5) is 5.82 Å². The van der Waals surface area contributed by atoms with E-state index in [1.807, 2.05) is 30.3 Å². The van der Waals surface area contributed by atoms with Crippen LogP contribution in [0.3, 0.4) is 0 Å². The number of hydrogen-bond donors (Lipinski definition) is 2. The predicted molar refractivity (Wildman–Crippen MR) is 125 cm³/mol. The van der Waals surface area contributed by atoms with Crippen molar-refractivity contribution >= 4 is 23.3 Å². The molecule has 1 aliphatic rings. The van der Waals surface area contributed by atoms with Gasteiger partial charge in [0.15, 0.2) is 0 Å². The number of hydrogen-bond acceptors (Lipinski definition) is 5. The molecule has 1 aromatic heterocycles. The number of halogens is 1. The second-order valence-electron chi connectivity index (χ2n) is 8.03. The Morgan fingerprint density at radius 1 is 1.16 bits per heavy atom. The van der Waals surface area contributed by atoms with Crippen molar-refractivity contribution in [1.29, 1.82) is 0 Å². The number of primary amides is 1. The molecular formula is C24H25ClN4O2. The summed E-state index contributed by atoms with van der Waals surface area (Å²) < 4.78 is 0. The van der Waals surface area contributed by atoms with Crippen LogP contribution in [0.25, 0.3) is 22.4 Å². The summed E-state index contributed by atoms with van der Waals surface area (Å²) >= 11 is 6.49. The van der Waals surface area contributed by atoms with Crippen LogP contribution in [0, 0.1) is 0 Å². The maximum absolute atomic E-state index is 11.7. The van der Waals surface area contributed by atoms with Gasteiger partial charge < -0.3 is 20.6 Å². The molecule has 3 N–H and O–H groups in total. The number of amides is 1. The van der Waals surface area contributed by atoms with Crippen molar-refractivity contribution in [2.45, 2.75) is 12.5 Å². The third kappa shape index (κ3) is 4.36. The van der Waals surface area contributed by atoms with Crippen molar-refractivity contribution in [3.8, 4) is 28.1 Å². The molecule has 31 heavy (non-hydrogen) atoms. The lowest BCUT2D eigenvalue weighted by Gasteiger charge is -2.22. The Balaban J connectivity index is 1.84. The van der Waals surface area contributed by atoms with Crippen LogP contribution >= 0.6 is 11.6 Å². The van der Waals surface area contributed by atoms with Crippen molar-refractivity contribution in [2.75, 3.05) is 32.1 Å². The summed E-state index contributed by atoms with van der Waals surface area (Å²) in [5.74, 6) is 0.0211. The van der Waals surface area contributed by atoms with Gasteiger partial charge in [0.2, 0.25) is 0 Å². The van der Waals surface area contributed by atoms with E-state index in [1.54, 1.807) is 12.1 Å². The topological polar surface area (TPSA) is 82.7 Å².